The van der Waals surface area contributed by atoms with Gasteiger partial charge in [-0.3, -0.25) is 10.2 Å². The molecule has 12 heteroatoms. The standard InChI is InChI=1S/C20H30N6O4S.ClH/c1-12-11-16(30-5)13(2)14(3)18(12)31(28,29)25-20(22)24-8-6-7-15(21)17(27)19-23-9-10-26(19)4;/h9-11,15H,6-8,21H2,1-5H3,(H3,22,24,25);1H. The van der Waals surface area contributed by atoms with E-state index < -0.39 is 16.1 Å². The van der Waals surface area contributed by atoms with Crippen LogP contribution in [0.1, 0.15) is 40.2 Å². The van der Waals surface area contributed by atoms with E-state index in [1.807, 2.05) is 0 Å². The molecule has 5 N–H and O–H groups in total. The van der Waals surface area contributed by atoms with E-state index in [-0.39, 0.29) is 35.6 Å². The number of imidazole rings is 1. The minimum absolute atomic E-state index is 0. The number of aryl methyl sites for hydroxylation is 2. The minimum atomic E-state index is -3.95. The normalized spacial score (nSPS) is 11.9. The van der Waals surface area contributed by atoms with Gasteiger partial charge < -0.3 is 20.4 Å². The number of Topliss-reactive ketones (excluding diaryl/α,β-unsaturated/α-hetero) is 1. The van der Waals surface area contributed by atoms with E-state index in [1.54, 1.807) is 44.6 Å². The van der Waals surface area contributed by atoms with Crippen LogP contribution >= 0.6 is 12.4 Å². The average molecular weight is 487 g/mol. The third-order valence-corrected chi connectivity index (χ3v) is 6.71. The maximum atomic E-state index is 12.8. The van der Waals surface area contributed by atoms with Crippen molar-refractivity contribution in [2.45, 2.75) is 44.6 Å². The number of ether oxygens (including phenoxy) is 1. The lowest BCUT2D eigenvalue weighted by Gasteiger charge is -2.18. The van der Waals surface area contributed by atoms with E-state index in [0.29, 0.717) is 35.5 Å². The molecule has 2 rings (SSSR count). The molecule has 32 heavy (non-hydrogen) atoms. The van der Waals surface area contributed by atoms with E-state index in [1.165, 1.54) is 13.3 Å². The maximum Gasteiger partial charge on any atom is 0.264 e. The number of ketones is 1. The summed E-state index contributed by atoms with van der Waals surface area (Å²) in [5.41, 5.74) is 7.75. The molecule has 1 aromatic carbocycles. The number of aromatic nitrogens is 2. The Kier molecular flexibility index (Phi) is 9.68. The number of hydrogen-bond donors (Lipinski definition) is 4. The Bertz CT molecular complexity index is 1080. The van der Waals surface area contributed by atoms with Crippen LogP contribution in [0.25, 0.3) is 0 Å². The van der Waals surface area contributed by atoms with Crippen LogP contribution in [0, 0.1) is 26.2 Å². The van der Waals surface area contributed by atoms with Crippen LogP contribution in [-0.2, 0) is 17.1 Å². The zero-order chi connectivity index (χ0) is 23.3. The minimum Gasteiger partial charge on any atom is -0.496 e. The van der Waals surface area contributed by atoms with E-state index in [2.05, 4.69) is 15.0 Å². The second-order valence-electron chi connectivity index (χ2n) is 7.36. The molecule has 1 aromatic heterocycles. The van der Waals surface area contributed by atoms with Gasteiger partial charge in [-0.15, -0.1) is 12.4 Å². The van der Waals surface area contributed by atoms with Gasteiger partial charge in [0.05, 0.1) is 18.0 Å². The monoisotopic (exact) mass is 486 g/mol. The highest BCUT2D eigenvalue weighted by Gasteiger charge is 2.24. The van der Waals surface area contributed by atoms with Crippen LogP contribution in [0.5, 0.6) is 5.75 Å². The van der Waals surface area contributed by atoms with Crippen molar-refractivity contribution in [3.8, 4) is 5.75 Å². The Morgan fingerprint density at radius 2 is 1.97 bits per heavy atom. The summed E-state index contributed by atoms with van der Waals surface area (Å²) in [6.07, 6.45) is 4.04. The lowest BCUT2D eigenvalue weighted by Crippen LogP contribution is -2.41. The second kappa shape index (κ2) is 11.3. The number of hydrogen-bond acceptors (Lipinski definition) is 7. The number of benzene rings is 1. The predicted octanol–water partition coefficient (Wildman–Crippen LogP) is 1.57. The molecule has 0 bridgehead atoms. The van der Waals surface area contributed by atoms with Crippen molar-refractivity contribution in [1.29, 1.82) is 5.41 Å². The molecule has 0 saturated heterocycles. The van der Waals surface area contributed by atoms with Gasteiger partial charge in [0.25, 0.3) is 10.0 Å². The lowest BCUT2D eigenvalue weighted by molar-refractivity contribution is 0.0943. The largest absolute Gasteiger partial charge is 0.496 e. The number of carbonyl (C=O) groups is 1. The first-order valence-corrected chi connectivity index (χ1v) is 11.2. The van der Waals surface area contributed by atoms with Crippen molar-refractivity contribution in [1.82, 2.24) is 19.6 Å². The first-order chi connectivity index (χ1) is 14.5. The number of rotatable bonds is 9. The Morgan fingerprint density at radius 1 is 1.31 bits per heavy atom. The fourth-order valence-electron chi connectivity index (χ4n) is 3.30. The first kappa shape index (κ1) is 27.4. The van der Waals surface area contributed by atoms with Crippen LogP contribution in [0.15, 0.2) is 23.4 Å². The first-order valence-electron chi connectivity index (χ1n) is 9.76. The highest BCUT2D eigenvalue weighted by Crippen LogP contribution is 2.30. The molecule has 2 aromatic rings. The molecule has 0 aliphatic heterocycles. The lowest BCUT2D eigenvalue weighted by atomic mass is 10.1. The number of guanidine groups is 1. The second-order valence-corrected chi connectivity index (χ2v) is 8.98. The topological polar surface area (TPSA) is 152 Å². The molecule has 178 valence electrons. The molecule has 0 saturated carbocycles. The van der Waals surface area contributed by atoms with E-state index in [9.17, 15) is 13.2 Å². The number of nitrogens with zero attached hydrogens (tertiary/aromatic N) is 2. The third kappa shape index (κ3) is 6.21. The molecule has 0 radical (unpaired) electrons. The van der Waals surface area contributed by atoms with Crippen molar-refractivity contribution in [2.24, 2.45) is 12.8 Å². The van der Waals surface area contributed by atoms with Crippen LogP contribution in [0.4, 0.5) is 0 Å². The summed E-state index contributed by atoms with van der Waals surface area (Å²) in [4.78, 5) is 16.4. The summed E-state index contributed by atoms with van der Waals surface area (Å²) in [6, 6.07) is 0.940. The van der Waals surface area contributed by atoms with Gasteiger partial charge >= 0.3 is 0 Å². The number of halogens is 1. The Balaban J connectivity index is 0.00000512. The number of nitrogens with two attached hydrogens (primary N) is 1. The summed E-state index contributed by atoms with van der Waals surface area (Å²) in [7, 11) is -0.703. The van der Waals surface area contributed by atoms with Crippen LogP contribution < -0.4 is 20.5 Å². The van der Waals surface area contributed by atoms with Gasteiger partial charge in [0.1, 0.15) is 5.75 Å². The van der Waals surface area contributed by atoms with Gasteiger partial charge in [-0.25, -0.2) is 18.1 Å². The van der Waals surface area contributed by atoms with E-state index >= 15 is 0 Å². The number of methoxy groups -OCH3 is 1. The summed E-state index contributed by atoms with van der Waals surface area (Å²) in [5, 5.41) is 10.6. The Morgan fingerprint density at radius 3 is 2.53 bits per heavy atom. The molecule has 0 aliphatic rings. The number of sulfonamides is 1. The van der Waals surface area contributed by atoms with E-state index in [0.717, 1.165) is 5.56 Å². The highest BCUT2D eigenvalue weighted by atomic mass is 35.5. The molecule has 0 fully saturated rings. The van der Waals surface area contributed by atoms with Crippen molar-refractivity contribution in [3.05, 3.63) is 41.0 Å². The Labute approximate surface area is 194 Å². The number of nitrogens with one attached hydrogen (secondary N) is 3. The van der Waals surface area contributed by atoms with Gasteiger partial charge in [-0.2, -0.15) is 0 Å². The van der Waals surface area contributed by atoms with Crippen LogP contribution in [-0.4, -0.2) is 49.4 Å². The van der Waals surface area contributed by atoms with Gasteiger partial charge in [-0.05, 0) is 56.4 Å². The predicted molar refractivity (Wildman–Crippen MR) is 125 cm³/mol. The fraction of sp³-hybridized carbons (Fsp3) is 0.450. The molecule has 1 unspecified atom stereocenters. The van der Waals surface area contributed by atoms with E-state index in [4.69, 9.17) is 15.9 Å². The molecule has 0 spiro atoms. The van der Waals surface area contributed by atoms with Crippen molar-refractivity contribution in [2.75, 3.05) is 13.7 Å². The van der Waals surface area contributed by atoms with Crippen LogP contribution in [0.2, 0.25) is 0 Å². The maximum absolute atomic E-state index is 12.8. The zero-order valence-corrected chi connectivity index (χ0v) is 20.5. The molecule has 0 aliphatic carbocycles. The SMILES string of the molecule is COc1cc(C)c(S(=O)(=O)NC(=N)NCCCC(N)C(=O)c2nccn2C)c(C)c1C.Cl. The molecular formula is C20H31ClN6O4S. The molecule has 0 amide bonds. The van der Waals surface area contributed by atoms with Crippen molar-refractivity contribution in [3.63, 3.8) is 0 Å². The van der Waals surface area contributed by atoms with Crippen molar-refractivity contribution < 1.29 is 17.9 Å². The quantitative estimate of drug-likeness (QED) is 0.181. The highest BCUT2D eigenvalue weighted by molar-refractivity contribution is 7.90. The third-order valence-electron chi connectivity index (χ3n) is 5.08. The molecule has 10 nitrogen and oxygen atoms in total. The van der Waals surface area contributed by atoms with Gasteiger partial charge in [0.15, 0.2) is 5.82 Å². The fourth-order valence-corrected chi connectivity index (χ4v) is 4.79. The summed E-state index contributed by atoms with van der Waals surface area (Å²) < 4.78 is 34.8. The van der Waals surface area contributed by atoms with Gasteiger partial charge in [0.2, 0.25) is 11.7 Å². The van der Waals surface area contributed by atoms with Crippen LogP contribution in [0.3, 0.4) is 0 Å². The Hall–Kier alpha value is -2.63. The summed E-state index contributed by atoms with van der Waals surface area (Å²) in [5.74, 6) is 0.292. The zero-order valence-electron chi connectivity index (χ0n) is 18.9. The van der Waals surface area contributed by atoms with Gasteiger partial charge in [-0.1, -0.05) is 0 Å². The molecule has 1 heterocycles. The molecular weight excluding hydrogens is 456 g/mol. The van der Waals surface area contributed by atoms with Gasteiger partial charge in [0, 0.05) is 26.0 Å². The number of carbonyl (C=O) groups excluding carboxylic acids is 1. The van der Waals surface area contributed by atoms with Crippen molar-refractivity contribution >= 4 is 34.2 Å². The summed E-state index contributed by atoms with van der Waals surface area (Å²) in [6.45, 7) is 5.45. The molecule has 1 atom stereocenters. The smallest absolute Gasteiger partial charge is 0.264 e. The summed E-state index contributed by atoms with van der Waals surface area (Å²) >= 11 is 0. The average Bonchev–Trinajstić information content (AvgIpc) is 3.12.